The fourth-order valence-corrected chi connectivity index (χ4v) is 4.94. The van der Waals surface area contributed by atoms with Gasteiger partial charge in [-0.3, -0.25) is 24.0 Å². The van der Waals surface area contributed by atoms with Gasteiger partial charge in [-0.1, -0.05) is 43.1 Å². The van der Waals surface area contributed by atoms with Crippen LogP contribution in [0.5, 0.6) is 5.75 Å². The van der Waals surface area contributed by atoms with Gasteiger partial charge >= 0.3 is 0 Å². The Morgan fingerprint density at radius 2 is 1.77 bits per heavy atom. The van der Waals surface area contributed by atoms with E-state index in [9.17, 15) is 28.1 Å². The van der Waals surface area contributed by atoms with E-state index < -0.39 is 39.3 Å². The van der Waals surface area contributed by atoms with E-state index >= 15 is 0 Å². The van der Waals surface area contributed by atoms with Crippen molar-refractivity contribution in [3.8, 4) is 5.75 Å². The second-order valence-corrected chi connectivity index (χ2v) is 11.6. The smallest absolute Gasteiger partial charge is 0.271 e. The number of methoxy groups -OCH3 is 1. The normalized spacial score (nSPS) is 12.8. The third-order valence-electron chi connectivity index (χ3n) is 6.05. The second kappa shape index (κ2) is 13.8. The molecule has 2 amide bonds. The minimum atomic E-state index is -4.14. The highest BCUT2D eigenvalue weighted by Crippen LogP contribution is 2.34. The zero-order chi connectivity index (χ0) is 29.5. The van der Waals surface area contributed by atoms with E-state index in [1.807, 2.05) is 13.8 Å². The van der Waals surface area contributed by atoms with E-state index in [1.165, 1.54) is 18.1 Å². The number of carbonyl (C=O) groups excluding carboxylic acids is 2. The van der Waals surface area contributed by atoms with E-state index in [4.69, 9.17) is 27.9 Å². The monoisotopic (exact) mass is 602 g/mol. The minimum absolute atomic E-state index is 0.0106. The van der Waals surface area contributed by atoms with Crippen LogP contribution in [-0.4, -0.2) is 62.0 Å². The summed E-state index contributed by atoms with van der Waals surface area (Å²) in [4.78, 5) is 39.0. The van der Waals surface area contributed by atoms with Crippen LogP contribution in [0.1, 0.15) is 39.2 Å². The molecule has 1 N–H and O–H groups in total. The van der Waals surface area contributed by atoms with Gasteiger partial charge in [0.2, 0.25) is 21.8 Å². The molecule has 214 valence electrons. The topological polar surface area (TPSA) is 139 Å². The molecule has 2 aromatic rings. The van der Waals surface area contributed by atoms with Crippen molar-refractivity contribution in [2.45, 2.75) is 52.2 Å². The summed E-state index contributed by atoms with van der Waals surface area (Å²) in [6, 6.07) is 7.07. The number of nitrogens with zero attached hydrogens (tertiary/aromatic N) is 3. The van der Waals surface area contributed by atoms with Crippen LogP contribution in [0, 0.1) is 10.1 Å². The average molecular weight is 604 g/mol. The van der Waals surface area contributed by atoms with Gasteiger partial charge in [0.05, 0.1) is 28.3 Å². The largest absolute Gasteiger partial charge is 0.495 e. The predicted octanol–water partition coefficient (Wildman–Crippen LogP) is 4.40. The highest BCUT2D eigenvalue weighted by molar-refractivity contribution is 7.92. The number of nitro benzene ring substituents is 1. The van der Waals surface area contributed by atoms with Crippen LogP contribution in [-0.2, 0) is 26.2 Å². The third kappa shape index (κ3) is 8.45. The van der Waals surface area contributed by atoms with Crippen molar-refractivity contribution in [1.82, 2.24) is 10.2 Å². The summed E-state index contributed by atoms with van der Waals surface area (Å²) in [5.74, 6) is -1.11. The number of benzene rings is 2. The maximum absolute atomic E-state index is 13.8. The molecule has 11 nitrogen and oxygen atoms in total. The van der Waals surface area contributed by atoms with Crippen LogP contribution in [0.15, 0.2) is 36.4 Å². The summed E-state index contributed by atoms with van der Waals surface area (Å²) in [6.45, 7) is 4.64. The molecular formula is C25H32Cl2N4O7S. The lowest BCUT2D eigenvalue weighted by atomic mass is 10.1. The molecule has 0 radical (unpaired) electrons. The molecule has 0 aliphatic rings. The zero-order valence-corrected chi connectivity index (χ0v) is 24.6. The lowest BCUT2D eigenvalue weighted by molar-refractivity contribution is -0.384. The summed E-state index contributed by atoms with van der Waals surface area (Å²) in [7, 11) is -2.86. The van der Waals surface area contributed by atoms with Crippen molar-refractivity contribution in [3.63, 3.8) is 0 Å². The molecule has 2 aromatic carbocycles. The van der Waals surface area contributed by atoms with Crippen molar-refractivity contribution in [1.29, 1.82) is 0 Å². The van der Waals surface area contributed by atoms with Crippen molar-refractivity contribution >= 4 is 56.4 Å². The van der Waals surface area contributed by atoms with Gasteiger partial charge < -0.3 is 15.0 Å². The van der Waals surface area contributed by atoms with E-state index in [1.54, 1.807) is 25.1 Å². The van der Waals surface area contributed by atoms with Crippen LogP contribution in [0.25, 0.3) is 0 Å². The molecule has 0 aliphatic carbocycles. The van der Waals surface area contributed by atoms with Gasteiger partial charge in [-0.2, -0.15) is 0 Å². The lowest BCUT2D eigenvalue weighted by Gasteiger charge is -2.33. The van der Waals surface area contributed by atoms with Gasteiger partial charge in [0, 0.05) is 24.7 Å². The number of hydrogen-bond acceptors (Lipinski definition) is 7. The number of ether oxygens (including phenoxy) is 1. The van der Waals surface area contributed by atoms with E-state index in [0.717, 1.165) is 22.7 Å². The molecule has 39 heavy (non-hydrogen) atoms. The SMILES string of the molecule is CC[C@@H](C)NC(=O)[C@H](CC)N(Cc1ccc(Cl)c(Cl)c1)C(=O)CN(c1cc([N+](=O)[O-])ccc1OC)S(C)(=O)=O. The Morgan fingerprint density at radius 1 is 1.10 bits per heavy atom. The second-order valence-electron chi connectivity index (χ2n) is 8.89. The maximum Gasteiger partial charge on any atom is 0.271 e. The fourth-order valence-electron chi connectivity index (χ4n) is 3.78. The molecule has 0 aliphatic heterocycles. The predicted molar refractivity (Wildman–Crippen MR) is 151 cm³/mol. The number of rotatable bonds is 13. The summed E-state index contributed by atoms with van der Waals surface area (Å²) in [5, 5.41) is 14.8. The highest BCUT2D eigenvalue weighted by Gasteiger charge is 2.33. The van der Waals surface area contributed by atoms with Gasteiger partial charge in [-0.25, -0.2) is 8.42 Å². The fraction of sp³-hybridized carbons (Fsp3) is 0.440. The standard InChI is InChI=1S/C25H32Cl2N4O7S/c1-6-16(3)28-25(33)21(7-2)29(14-17-8-10-19(26)20(27)12-17)24(32)15-30(39(5,36)37)22-13-18(31(34)35)9-11-23(22)38-4/h8-13,16,21H,6-7,14-15H2,1-5H3,(H,28,33)/t16-,21+/m1/s1. The molecule has 0 saturated heterocycles. The number of carbonyl (C=O) groups is 2. The first-order valence-electron chi connectivity index (χ1n) is 12.1. The van der Waals surface area contributed by atoms with Crippen molar-refractivity contribution in [3.05, 3.63) is 62.1 Å². The number of hydrogen-bond donors (Lipinski definition) is 1. The Kier molecular flexibility index (Phi) is 11.4. The molecule has 0 spiro atoms. The van der Waals surface area contributed by atoms with Crippen molar-refractivity contribution < 1.29 is 27.7 Å². The Balaban J connectivity index is 2.58. The van der Waals surface area contributed by atoms with E-state index in [-0.39, 0.29) is 41.2 Å². The number of nitro groups is 1. The van der Waals surface area contributed by atoms with Gasteiger partial charge in [0.25, 0.3) is 5.69 Å². The number of halogens is 2. The summed E-state index contributed by atoms with van der Waals surface area (Å²) in [6.07, 6.45) is 1.76. The summed E-state index contributed by atoms with van der Waals surface area (Å²) in [5.41, 5.74) is -0.0144. The van der Waals surface area contributed by atoms with Crippen LogP contribution in [0.2, 0.25) is 10.0 Å². The van der Waals surface area contributed by atoms with Crippen molar-refractivity contribution in [2.75, 3.05) is 24.2 Å². The van der Waals surface area contributed by atoms with E-state index in [0.29, 0.717) is 17.0 Å². The molecule has 0 aromatic heterocycles. The Labute approximate surface area is 238 Å². The average Bonchev–Trinajstić information content (AvgIpc) is 2.87. The molecule has 0 bridgehead atoms. The number of non-ortho nitro benzene ring substituents is 1. The van der Waals surface area contributed by atoms with Crippen LogP contribution < -0.4 is 14.4 Å². The molecule has 0 saturated carbocycles. The van der Waals surface area contributed by atoms with Crippen LogP contribution in [0.3, 0.4) is 0 Å². The third-order valence-corrected chi connectivity index (χ3v) is 7.91. The van der Waals surface area contributed by atoms with Crippen LogP contribution >= 0.6 is 23.2 Å². The zero-order valence-electron chi connectivity index (χ0n) is 22.3. The number of nitrogens with one attached hydrogen (secondary N) is 1. The van der Waals surface area contributed by atoms with Gasteiger partial charge in [-0.05, 0) is 43.5 Å². The molecule has 0 heterocycles. The lowest BCUT2D eigenvalue weighted by Crippen LogP contribution is -2.53. The Morgan fingerprint density at radius 3 is 2.28 bits per heavy atom. The highest BCUT2D eigenvalue weighted by atomic mass is 35.5. The Hall–Kier alpha value is -3.09. The number of amides is 2. The van der Waals surface area contributed by atoms with E-state index in [2.05, 4.69) is 5.32 Å². The minimum Gasteiger partial charge on any atom is -0.495 e. The maximum atomic E-state index is 13.8. The van der Waals surface area contributed by atoms with Gasteiger partial charge in [-0.15, -0.1) is 0 Å². The summed E-state index contributed by atoms with van der Waals surface area (Å²) < 4.78 is 31.7. The first kappa shape index (κ1) is 32.1. The van der Waals surface area contributed by atoms with Crippen molar-refractivity contribution in [2.24, 2.45) is 0 Å². The molecule has 2 rings (SSSR count). The quantitative estimate of drug-likeness (QED) is 0.265. The molecule has 0 fully saturated rings. The van der Waals surface area contributed by atoms with Gasteiger partial charge in [0.1, 0.15) is 24.0 Å². The molecule has 0 unspecified atom stereocenters. The first-order chi connectivity index (χ1) is 18.2. The Bertz CT molecular complexity index is 1320. The summed E-state index contributed by atoms with van der Waals surface area (Å²) >= 11 is 12.2. The molecule has 14 heteroatoms. The van der Waals surface area contributed by atoms with Gasteiger partial charge in [0.15, 0.2) is 0 Å². The van der Waals surface area contributed by atoms with Crippen LogP contribution in [0.4, 0.5) is 11.4 Å². The molecule has 2 atom stereocenters. The number of anilines is 1. The number of sulfonamides is 1. The molecular weight excluding hydrogens is 571 g/mol. The first-order valence-corrected chi connectivity index (χ1v) is 14.7.